The third-order valence-electron chi connectivity index (χ3n) is 5.43. The van der Waals surface area contributed by atoms with Gasteiger partial charge in [0.1, 0.15) is 11.6 Å². The van der Waals surface area contributed by atoms with Gasteiger partial charge >= 0.3 is 12.1 Å². The quantitative estimate of drug-likeness (QED) is 0.490. The van der Waals surface area contributed by atoms with Gasteiger partial charge in [0.25, 0.3) is 0 Å². The third kappa shape index (κ3) is 5.45. The van der Waals surface area contributed by atoms with E-state index < -0.39 is 30.4 Å². The number of benzene rings is 1. The summed E-state index contributed by atoms with van der Waals surface area (Å²) in [5.74, 6) is -0.565. The van der Waals surface area contributed by atoms with Crippen molar-refractivity contribution in [3.8, 4) is 0 Å². The van der Waals surface area contributed by atoms with E-state index in [1.54, 1.807) is 31.3 Å². The number of esters is 1. The number of ketones is 1. The highest BCUT2D eigenvalue weighted by atomic mass is 35.5. The van der Waals surface area contributed by atoms with E-state index in [4.69, 9.17) is 21.1 Å². The van der Waals surface area contributed by atoms with Crippen LogP contribution in [-0.2, 0) is 24.6 Å². The number of carbonyl (C=O) groups excluding carboxylic acids is 3. The van der Waals surface area contributed by atoms with Crippen LogP contribution < -0.4 is 5.32 Å². The van der Waals surface area contributed by atoms with Gasteiger partial charge in [-0.3, -0.25) is 14.5 Å². The molecule has 9 heteroatoms. The monoisotopic (exact) mass is 460 g/mol. The van der Waals surface area contributed by atoms with Gasteiger partial charge in [-0.1, -0.05) is 43.6 Å². The minimum absolute atomic E-state index is 0. The second kappa shape index (κ2) is 11.5. The molecule has 1 fully saturated rings. The summed E-state index contributed by atoms with van der Waals surface area (Å²) in [4.78, 5) is 39.1. The molecule has 1 saturated carbocycles. The zero-order valence-electron chi connectivity index (χ0n) is 17.8. The summed E-state index contributed by atoms with van der Waals surface area (Å²) >= 11 is 6.38. The van der Waals surface area contributed by atoms with Gasteiger partial charge in [-0.25, -0.2) is 4.79 Å². The van der Waals surface area contributed by atoms with E-state index in [9.17, 15) is 14.4 Å². The maximum Gasteiger partial charge on any atom is 0.413 e. The summed E-state index contributed by atoms with van der Waals surface area (Å²) in [5, 5.41) is 3.29. The average Bonchev–Trinajstić information content (AvgIpc) is 2.68. The Hall–Kier alpha value is -1.83. The predicted molar refractivity (Wildman–Crippen MR) is 117 cm³/mol. The molecule has 0 spiro atoms. The van der Waals surface area contributed by atoms with Crippen LogP contribution in [0.25, 0.3) is 0 Å². The van der Waals surface area contributed by atoms with E-state index in [2.05, 4.69) is 5.32 Å². The number of ether oxygens (including phenoxy) is 2. The fourth-order valence-electron chi connectivity index (χ4n) is 3.83. The Balaban J connectivity index is 0.00000450. The lowest BCUT2D eigenvalue weighted by Crippen LogP contribution is -2.54. The second-order valence-electron chi connectivity index (χ2n) is 7.53. The largest absolute Gasteiger partial charge is 0.427 e. The Morgan fingerprint density at radius 1 is 1.23 bits per heavy atom. The molecule has 1 amide bonds. The number of nitrogens with one attached hydrogen (secondary N) is 1. The Labute approximate surface area is 188 Å². The van der Waals surface area contributed by atoms with E-state index in [0.717, 1.165) is 12.8 Å². The first-order valence-corrected chi connectivity index (χ1v) is 10.2. The Kier molecular flexibility index (Phi) is 10.1. The van der Waals surface area contributed by atoms with Crippen molar-refractivity contribution in [2.24, 2.45) is 5.92 Å². The van der Waals surface area contributed by atoms with Crippen molar-refractivity contribution in [3.05, 3.63) is 34.9 Å². The molecule has 168 valence electrons. The number of hydrogen-bond acceptors (Lipinski definition) is 6. The summed E-state index contributed by atoms with van der Waals surface area (Å²) in [5.41, 5.74) is -0.610. The summed E-state index contributed by atoms with van der Waals surface area (Å²) < 4.78 is 10.2. The first-order chi connectivity index (χ1) is 13.8. The maximum atomic E-state index is 13.0. The molecule has 1 aliphatic rings. The van der Waals surface area contributed by atoms with Crippen LogP contribution in [0.1, 0.15) is 45.1 Å². The van der Waals surface area contributed by atoms with Crippen molar-refractivity contribution in [1.82, 2.24) is 10.2 Å². The minimum Gasteiger partial charge on any atom is -0.427 e. The van der Waals surface area contributed by atoms with E-state index in [1.165, 1.54) is 11.9 Å². The number of Topliss-reactive ketones (excluding diaryl/α,β-unsaturated/α-hetero) is 1. The van der Waals surface area contributed by atoms with Gasteiger partial charge in [-0.2, -0.15) is 0 Å². The molecule has 0 unspecified atom stereocenters. The zero-order valence-corrected chi connectivity index (χ0v) is 19.3. The predicted octanol–water partition coefficient (Wildman–Crippen LogP) is 3.91. The van der Waals surface area contributed by atoms with Crippen LogP contribution in [0, 0.1) is 5.92 Å². The van der Waals surface area contributed by atoms with Crippen LogP contribution in [-0.4, -0.2) is 49.7 Å². The minimum atomic E-state index is -1.19. The number of halogens is 2. The molecule has 0 saturated heterocycles. The van der Waals surface area contributed by atoms with Gasteiger partial charge in [-0.15, -0.1) is 12.4 Å². The topological polar surface area (TPSA) is 84.9 Å². The highest BCUT2D eigenvalue weighted by Gasteiger charge is 2.48. The van der Waals surface area contributed by atoms with Crippen LogP contribution in [0.5, 0.6) is 0 Å². The fraction of sp³-hybridized carbons (Fsp3) is 0.571. The summed E-state index contributed by atoms with van der Waals surface area (Å²) in [7, 11) is 3.18. The molecule has 1 aromatic rings. The molecule has 0 aliphatic heterocycles. The first-order valence-electron chi connectivity index (χ1n) is 9.78. The van der Waals surface area contributed by atoms with Crippen molar-refractivity contribution < 1.29 is 23.9 Å². The lowest BCUT2D eigenvalue weighted by atomic mass is 9.74. The molecule has 0 bridgehead atoms. The smallest absolute Gasteiger partial charge is 0.413 e. The highest BCUT2D eigenvalue weighted by Crippen LogP contribution is 2.42. The van der Waals surface area contributed by atoms with Gasteiger partial charge in [0.2, 0.25) is 6.79 Å². The third-order valence-corrected chi connectivity index (χ3v) is 5.76. The molecular formula is C21H30Cl2N2O5. The second-order valence-corrected chi connectivity index (χ2v) is 7.94. The lowest BCUT2D eigenvalue weighted by molar-refractivity contribution is -0.157. The maximum absolute atomic E-state index is 13.0. The van der Waals surface area contributed by atoms with E-state index in [0.29, 0.717) is 23.4 Å². The zero-order chi connectivity index (χ0) is 21.6. The molecule has 2 rings (SSSR count). The number of amides is 1. The molecule has 1 N–H and O–H groups in total. The molecule has 30 heavy (non-hydrogen) atoms. The molecule has 2 atom stereocenters. The van der Waals surface area contributed by atoms with Gasteiger partial charge < -0.3 is 14.8 Å². The first kappa shape index (κ1) is 26.2. The lowest BCUT2D eigenvalue weighted by Gasteiger charge is -2.43. The standard InChI is InChI=1S/C21H29ClN2O5.ClH/c1-14(2)18(23-3)19(26)28-13-29-20(27)24(4)21(12-8-7-11-17(21)25)15-9-5-6-10-16(15)22;/h5-6,9-10,14,18,23H,7-8,11-13H2,1-4H3;1H/t18-,21-;/m0./s1. The van der Waals surface area contributed by atoms with Crippen LogP contribution in [0.3, 0.4) is 0 Å². The molecular weight excluding hydrogens is 431 g/mol. The highest BCUT2D eigenvalue weighted by molar-refractivity contribution is 6.31. The van der Waals surface area contributed by atoms with E-state index in [1.807, 2.05) is 13.8 Å². The number of rotatable bonds is 7. The summed E-state index contributed by atoms with van der Waals surface area (Å²) in [6.45, 7) is 3.23. The van der Waals surface area contributed by atoms with Gasteiger partial charge in [-0.05, 0) is 38.3 Å². The number of carbonyl (C=O) groups is 3. The van der Waals surface area contributed by atoms with Crippen LogP contribution in [0.2, 0.25) is 5.02 Å². The summed E-state index contributed by atoms with van der Waals surface area (Å²) in [6, 6.07) is 6.52. The van der Waals surface area contributed by atoms with Crippen molar-refractivity contribution in [2.45, 2.75) is 51.1 Å². The number of likely N-dealkylation sites (N-methyl/N-ethyl adjacent to an activating group) is 2. The Bertz CT molecular complexity index is 759. The van der Waals surface area contributed by atoms with Crippen LogP contribution >= 0.6 is 24.0 Å². The van der Waals surface area contributed by atoms with E-state index in [-0.39, 0.29) is 24.1 Å². The van der Waals surface area contributed by atoms with Gasteiger partial charge in [0.05, 0.1) is 0 Å². The Morgan fingerprint density at radius 3 is 2.47 bits per heavy atom. The molecule has 7 nitrogen and oxygen atoms in total. The average molecular weight is 461 g/mol. The Morgan fingerprint density at radius 2 is 1.90 bits per heavy atom. The molecule has 0 radical (unpaired) electrons. The molecule has 1 aromatic carbocycles. The van der Waals surface area contributed by atoms with Crippen molar-refractivity contribution >= 4 is 41.9 Å². The fourth-order valence-corrected chi connectivity index (χ4v) is 4.13. The molecule has 0 aromatic heterocycles. The SMILES string of the molecule is CN[C@H](C(=O)OCOC(=O)N(C)[C@]1(c2ccccc2Cl)CCCCC1=O)C(C)C.Cl. The molecule has 1 aliphatic carbocycles. The van der Waals surface area contributed by atoms with Crippen LogP contribution in [0.4, 0.5) is 4.79 Å². The number of hydrogen-bond donors (Lipinski definition) is 1. The summed E-state index contributed by atoms with van der Waals surface area (Å²) in [6.07, 6.45) is 1.61. The number of nitrogens with zero attached hydrogens (tertiary/aromatic N) is 1. The molecule has 0 heterocycles. The van der Waals surface area contributed by atoms with E-state index >= 15 is 0 Å². The van der Waals surface area contributed by atoms with Gasteiger partial charge in [0, 0.05) is 24.1 Å². The van der Waals surface area contributed by atoms with Crippen molar-refractivity contribution in [2.75, 3.05) is 20.9 Å². The van der Waals surface area contributed by atoms with Crippen molar-refractivity contribution in [1.29, 1.82) is 0 Å². The van der Waals surface area contributed by atoms with Crippen LogP contribution in [0.15, 0.2) is 24.3 Å². The van der Waals surface area contributed by atoms with Gasteiger partial charge in [0.15, 0.2) is 5.78 Å². The normalized spacial score (nSPS) is 19.6. The van der Waals surface area contributed by atoms with Crippen molar-refractivity contribution in [3.63, 3.8) is 0 Å².